The third kappa shape index (κ3) is 3.77. The van der Waals surface area contributed by atoms with E-state index in [9.17, 15) is 9.59 Å². The van der Waals surface area contributed by atoms with E-state index < -0.39 is 6.09 Å². The molecule has 0 saturated carbocycles. The van der Waals surface area contributed by atoms with Crippen LogP contribution < -0.4 is 4.90 Å². The highest BCUT2D eigenvalue weighted by atomic mass is 79.9. The van der Waals surface area contributed by atoms with Gasteiger partial charge >= 0.3 is 12.1 Å². The van der Waals surface area contributed by atoms with Crippen molar-refractivity contribution in [3.05, 3.63) is 28.2 Å². The van der Waals surface area contributed by atoms with E-state index in [4.69, 9.17) is 9.84 Å². The lowest BCUT2D eigenvalue weighted by atomic mass is 10.0. The van der Waals surface area contributed by atoms with Crippen LogP contribution in [-0.4, -0.2) is 54.9 Å². The fourth-order valence-electron chi connectivity index (χ4n) is 3.00. The van der Waals surface area contributed by atoms with Crippen LogP contribution in [0, 0.1) is 0 Å². The molecular formula is C16H21BrN2O4. The quantitative estimate of drug-likeness (QED) is 0.807. The monoisotopic (exact) mass is 384 g/mol. The Bertz CT molecular complexity index is 585. The van der Waals surface area contributed by atoms with Crippen LogP contribution in [0.15, 0.2) is 22.7 Å². The number of carboxylic acid groups (broad SMARTS) is 1. The van der Waals surface area contributed by atoms with Crippen LogP contribution >= 0.6 is 15.9 Å². The number of hydrogen-bond acceptors (Lipinski definition) is 4. The topological polar surface area (TPSA) is 70.1 Å². The van der Waals surface area contributed by atoms with Crippen molar-refractivity contribution in [2.45, 2.75) is 25.8 Å². The van der Waals surface area contributed by atoms with Crippen molar-refractivity contribution in [2.75, 3.05) is 31.6 Å². The molecule has 1 fully saturated rings. The molecule has 1 aromatic rings. The van der Waals surface area contributed by atoms with Gasteiger partial charge in [0.1, 0.15) is 0 Å². The number of carbonyl (C=O) groups excluding carboxylic acids is 1. The molecule has 7 heteroatoms. The third-order valence-electron chi connectivity index (χ3n) is 4.21. The van der Waals surface area contributed by atoms with E-state index in [-0.39, 0.29) is 12.0 Å². The van der Waals surface area contributed by atoms with Crippen LogP contribution in [0.1, 0.15) is 30.1 Å². The molecule has 1 N–H and O–H groups in total. The van der Waals surface area contributed by atoms with Gasteiger partial charge in [-0.2, -0.15) is 0 Å². The zero-order chi connectivity index (χ0) is 17.0. The van der Waals surface area contributed by atoms with E-state index in [0.717, 1.165) is 29.5 Å². The Morgan fingerprint density at radius 2 is 2.04 bits per heavy atom. The molecule has 0 radical (unpaired) electrons. The van der Waals surface area contributed by atoms with Gasteiger partial charge in [-0.25, -0.2) is 9.59 Å². The summed E-state index contributed by atoms with van der Waals surface area (Å²) in [5.41, 5.74) is 1.43. The number of amides is 1. The van der Waals surface area contributed by atoms with E-state index in [1.54, 1.807) is 6.07 Å². The molecule has 1 aliphatic heterocycles. The average molecular weight is 385 g/mol. The number of anilines is 1. The zero-order valence-corrected chi connectivity index (χ0v) is 14.9. The number of esters is 1. The van der Waals surface area contributed by atoms with Crippen LogP contribution in [0.5, 0.6) is 0 Å². The van der Waals surface area contributed by atoms with Gasteiger partial charge in [0, 0.05) is 25.7 Å². The van der Waals surface area contributed by atoms with Crippen LogP contribution in [-0.2, 0) is 4.74 Å². The summed E-state index contributed by atoms with van der Waals surface area (Å²) >= 11 is 3.52. The Hall–Kier alpha value is -1.76. The second-order valence-electron chi connectivity index (χ2n) is 5.42. The molecule has 1 saturated heterocycles. The van der Waals surface area contributed by atoms with Crippen LogP contribution in [0.2, 0.25) is 0 Å². The first-order valence-corrected chi connectivity index (χ1v) is 8.40. The molecular weight excluding hydrogens is 364 g/mol. The summed E-state index contributed by atoms with van der Waals surface area (Å²) in [5.74, 6) is -0.379. The summed E-state index contributed by atoms with van der Waals surface area (Å²) < 4.78 is 5.53. The minimum absolute atomic E-state index is 0.250. The van der Waals surface area contributed by atoms with Crippen LogP contribution in [0.3, 0.4) is 0 Å². The molecule has 0 unspecified atom stereocenters. The summed E-state index contributed by atoms with van der Waals surface area (Å²) in [6, 6.07) is 5.77. The van der Waals surface area contributed by atoms with Gasteiger partial charge < -0.3 is 19.6 Å². The molecule has 6 nitrogen and oxygen atoms in total. The lowest BCUT2D eigenvalue weighted by Crippen LogP contribution is -2.46. The molecule has 0 atom stereocenters. The van der Waals surface area contributed by atoms with Gasteiger partial charge in [0.25, 0.3) is 0 Å². The Kier molecular flexibility index (Phi) is 5.87. The number of ether oxygens (including phenoxy) is 1. The number of piperidine rings is 1. The molecule has 0 aliphatic carbocycles. The highest BCUT2D eigenvalue weighted by Crippen LogP contribution is 2.33. The third-order valence-corrected chi connectivity index (χ3v) is 5.04. The van der Waals surface area contributed by atoms with E-state index in [0.29, 0.717) is 18.7 Å². The zero-order valence-electron chi connectivity index (χ0n) is 13.3. The first-order chi connectivity index (χ1) is 11.0. The van der Waals surface area contributed by atoms with Gasteiger partial charge in [-0.15, -0.1) is 0 Å². The predicted octanol–water partition coefficient (Wildman–Crippen LogP) is 3.20. The largest absolute Gasteiger partial charge is 0.465 e. The molecule has 1 amide bonds. The number of nitrogens with zero attached hydrogens (tertiary/aromatic N) is 2. The van der Waals surface area contributed by atoms with Crippen molar-refractivity contribution < 1.29 is 19.4 Å². The van der Waals surface area contributed by atoms with Crippen molar-refractivity contribution in [2.24, 2.45) is 0 Å². The summed E-state index contributed by atoms with van der Waals surface area (Å²) in [6.07, 6.45) is 0.685. The summed E-state index contributed by atoms with van der Waals surface area (Å²) in [4.78, 5) is 26.5. The number of methoxy groups -OCH3 is 1. The molecule has 0 bridgehead atoms. The number of likely N-dealkylation sites (tertiary alicyclic amines) is 1. The van der Waals surface area contributed by atoms with E-state index in [2.05, 4.69) is 27.8 Å². The highest BCUT2D eigenvalue weighted by molar-refractivity contribution is 9.10. The lowest BCUT2D eigenvalue weighted by Gasteiger charge is -2.39. The number of carbonyl (C=O) groups is 2. The molecule has 126 valence electrons. The lowest BCUT2D eigenvalue weighted by molar-refractivity contribution is 0.0599. The minimum Gasteiger partial charge on any atom is -0.465 e. The number of hydrogen-bond donors (Lipinski definition) is 1. The number of rotatable bonds is 4. The molecule has 0 spiro atoms. The minimum atomic E-state index is -0.861. The fraction of sp³-hybridized carbons (Fsp3) is 0.500. The van der Waals surface area contributed by atoms with Crippen molar-refractivity contribution in [3.8, 4) is 0 Å². The van der Waals surface area contributed by atoms with Crippen LogP contribution in [0.25, 0.3) is 0 Å². The van der Waals surface area contributed by atoms with Gasteiger partial charge in [0.15, 0.2) is 0 Å². The molecule has 23 heavy (non-hydrogen) atoms. The van der Waals surface area contributed by atoms with Crippen molar-refractivity contribution in [1.29, 1.82) is 0 Å². The summed E-state index contributed by atoms with van der Waals surface area (Å²) in [5, 5.41) is 9.06. The van der Waals surface area contributed by atoms with Crippen molar-refractivity contribution in [1.82, 2.24) is 4.90 Å². The van der Waals surface area contributed by atoms with Gasteiger partial charge in [0.05, 0.1) is 22.8 Å². The van der Waals surface area contributed by atoms with Gasteiger partial charge in [-0.1, -0.05) is 6.07 Å². The number of halogens is 1. The van der Waals surface area contributed by atoms with Crippen LogP contribution in [0.4, 0.5) is 10.5 Å². The Labute approximate surface area is 144 Å². The smallest absolute Gasteiger partial charge is 0.407 e. The summed E-state index contributed by atoms with van der Waals surface area (Å²) in [6.45, 7) is 3.90. The maximum absolute atomic E-state index is 11.8. The molecule has 2 rings (SSSR count). The average Bonchev–Trinajstić information content (AvgIpc) is 2.56. The first kappa shape index (κ1) is 17.6. The Balaban J connectivity index is 2.22. The second-order valence-corrected chi connectivity index (χ2v) is 6.21. The Morgan fingerprint density at radius 3 is 2.57 bits per heavy atom. The highest BCUT2D eigenvalue weighted by Gasteiger charge is 2.28. The second kappa shape index (κ2) is 7.68. The van der Waals surface area contributed by atoms with Crippen molar-refractivity contribution >= 4 is 33.7 Å². The van der Waals surface area contributed by atoms with E-state index in [1.165, 1.54) is 12.0 Å². The summed E-state index contributed by atoms with van der Waals surface area (Å²) in [7, 11) is 1.36. The molecule has 1 heterocycles. The number of benzene rings is 1. The maximum Gasteiger partial charge on any atom is 0.407 e. The van der Waals surface area contributed by atoms with Gasteiger partial charge in [-0.3, -0.25) is 0 Å². The Morgan fingerprint density at radius 1 is 1.39 bits per heavy atom. The molecule has 1 aromatic carbocycles. The van der Waals surface area contributed by atoms with E-state index in [1.807, 2.05) is 12.1 Å². The molecule has 1 aliphatic rings. The predicted molar refractivity (Wildman–Crippen MR) is 91.1 cm³/mol. The fourth-order valence-corrected chi connectivity index (χ4v) is 3.66. The normalized spacial score (nSPS) is 15.3. The first-order valence-electron chi connectivity index (χ1n) is 7.60. The standard InChI is InChI=1S/C16H21BrN2O4/c1-3-19(11-7-9-18(10-8-11)16(21)22)13-6-4-5-12(14(13)17)15(20)23-2/h4-6,11H,3,7-10H2,1-2H3,(H,21,22). The van der Waals surface area contributed by atoms with Gasteiger partial charge in [-0.05, 0) is 47.8 Å². The SMILES string of the molecule is CCN(c1cccc(C(=O)OC)c1Br)C1CCN(C(=O)O)CC1. The van der Waals surface area contributed by atoms with E-state index >= 15 is 0 Å². The maximum atomic E-state index is 11.8. The van der Waals surface area contributed by atoms with Gasteiger partial charge in [0.2, 0.25) is 0 Å². The van der Waals surface area contributed by atoms with Crippen molar-refractivity contribution in [3.63, 3.8) is 0 Å². The molecule has 0 aromatic heterocycles.